The van der Waals surface area contributed by atoms with Crippen LogP contribution in [0.5, 0.6) is 0 Å². The zero-order valence-corrected chi connectivity index (χ0v) is 18.0. The Morgan fingerprint density at radius 3 is 2.81 bits per heavy atom. The highest BCUT2D eigenvalue weighted by molar-refractivity contribution is 5.79. The van der Waals surface area contributed by atoms with Crippen LogP contribution in [0.25, 0.3) is 0 Å². The first-order chi connectivity index (χ1) is 12.9. The number of unbranched alkanes of at least 4 members (excludes halogenated alkanes) is 1. The Morgan fingerprint density at radius 2 is 2.15 bits per heavy atom. The molecular weight excluding hydrogens is 338 g/mol. The fraction of sp³-hybridized carbons (Fsp3) is 0.810. The summed E-state index contributed by atoms with van der Waals surface area (Å²) in [5.41, 5.74) is -0.0239. The highest BCUT2D eigenvalue weighted by atomic mass is 16.4. The number of oxazole rings is 1. The van der Waals surface area contributed by atoms with Crippen molar-refractivity contribution in [3.8, 4) is 0 Å². The summed E-state index contributed by atoms with van der Waals surface area (Å²) in [6.07, 6.45) is 6.94. The lowest BCUT2D eigenvalue weighted by Crippen LogP contribution is -2.38. The number of piperidine rings is 1. The first-order valence-corrected chi connectivity index (χ1v) is 10.6. The van der Waals surface area contributed by atoms with Crippen molar-refractivity contribution >= 4 is 5.96 Å². The van der Waals surface area contributed by atoms with Crippen molar-refractivity contribution in [3.63, 3.8) is 0 Å². The Bertz CT molecular complexity index is 575. The van der Waals surface area contributed by atoms with E-state index in [4.69, 9.17) is 4.42 Å². The van der Waals surface area contributed by atoms with Crippen molar-refractivity contribution in [1.29, 1.82) is 0 Å². The van der Waals surface area contributed by atoms with Gasteiger partial charge in [-0.25, -0.2) is 9.98 Å². The van der Waals surface area contributed by atoms with E-state index < -0.39 is 0 Å². The maximum Gasteiger partial charge on any atom is 0.216 e. The number of nitrogens with zero attached hydrogens (tertiary/aromatic N) is 3. The van der Waals surface area contributed by atoms with Gasteiger partial charge in [0, 0.05) is 25.0 Å². The molecular formula is C21H39N5O. The zero-order chi connectivity index (χ0) is 19.7. The van der Waals surface area contributed by atoms with Crippen LogP contribution < -0.4 is 10.6 Å². The van der Waals surface area contributed by atoms with Gasteiger partial charge in [-0.1, -0.05) is 27.7 Å². The van der Waals surface area contributed by atoms with Crippen LogP contribution >= 0.6 is 0 Å². The van der Waals surface area contributed by atoms with Crippen LogP contribution in [0.2, 0.25) is 0 Å². The maximum atomic E-state index is 5.82. The first-order valence-electron chi connectivity index (χ1n) is 10.6. The third-order valence-corrected chi connectivity index (χ3v) is 4.94. The summed E-state index contributed by atoms with van der Waals surface area (Å²) < 4.78 is 5.82. The average molecular weight is 378 g/mol. The van der Waals surface area contributed by atoms with E-state index in [1.807, 2.05) is 6.20 Å². The lowest BCUT2D eigenvalue weighted by molar-refractivity contribution is 0.181. The van der Waals surface area contributed by atoms with E-state index in [2.05, 4.69) is 60.1 Å². The Labute approximate surface area is 165 Å². The van der Waals surface area contributed by atoms with Crippen LogP contribution in [-0.2, 0) is 12.0 Å². The highest BCUT2D eigenvalue weighted by Crippen LogP contribution is 2.22. The Morgan fingerprint density at radius 1 is 1.33 bits per heavy atom. The van der Waals surface area contributed by atoms with Crippen molar-refractivity contribution in [3.05, 3.63) is 17.8 Å². The fourth-order valence-corrected chi connectivity index (χ4v) is 3.38. The topological polar surface area (TPSA) is 65.7 Å². The third-order valence-electron chi connectivity index (χ3n) is 4.94. The smallest absolute Gasteiger partial charge is 0.216 e. The molecule has 0 aromatic carbocycles. The van der Waals surface area contributed by atoms with Crippen LogP contribution in [0.1, 0.15) is 72.0 Å². The molecule has 6 heteroatoms. The van der Waals surface area contributed by atoms with Crippen molar-refractivity contribution in [2.24, 2.45) is 10.9 Å². The standard InChI is InChI=1S/C21H39N5O/c1-6-22-20(25-15-19-24-14-18(27-19)21(3,4)5)23-11-7-8-12-26-13-9-10-17(2)16-26/h14,17H,6-13,15-16H2,1-5H3,(H2,22,23,25). The van der Waals surface area contributed by atoms with E-state index in [9.17, 15) is 0 Å². The lowest BCUT2D eigenvalue weighted by Gasteiger charge is -2.30. The van der Waals surface area contributed by atoms with E-state index in [1.54, 1.807) is 0 Å². The summed E-state index contributed by atoms with van der Waals surface area (Å²) in [6.45, 7) is 16.8. The minimum absolute atomic E-state index is 0.0239. The molecule has 6 nitrogen and oxygen atoms in total. The SMILES string of the molecule is CCNC(=NCc1ncc(C(C)(C)C)o1)NCCCCN1CCCC(C)C1. The van der Waals surface area contributed by atoms with Crippen LogP contribution in [0.15, 0.2) is 15.6 Å². The summed E-state index contributed by atoms with van der Waals surface area (Å²) in [6, 6.07) is 0. The molecule has 1 aliphatic rings. The van der Waals surface area contributed by atoms with Crippen molar-refractivity contribution in [1.82, 2.24) is 20.5 Å². The van der Waals surface area contributed by atoms with Crippen molar-refractivity contribution in [2.45, 2.75) is 72.3 Å². The van der Waals surface area contributed by atoms with Crippen LogP contribution in [0.4, 0.5) is 0 Å². The van der Waals surface area contributed by atoms with Gasteiger partial charge in [-0.3, -0.25) is 0 Å². The van der Waals surface area contributed by atoms with Gasteiger partial charge in [-0.2, -0.15) is 0 Å². The number of aliphatic imine (C=N–C) groups is 1. The van der Waals surface area contributed by atoms with Gasteiger partial charge in [0.15, 0.2) is 5.96 Å². The number of likely N-dealkylation sites (tertiary alicyclic amines) is 1. The number of aromatic nitrogens is 1. The first kappa shape index (κ1) is 21.7. The zero-order valence-electron chi connectivity index (χ0n) is 18.0. The summed E-state index contributed by atoms with van der Waals surface area (Å²) in [7, 11) is 0. The molecule has 154 valence electrons. The van der Waals surface area contributed by atoms with Gasteiger partial charge in [-0.15, -0.1) is 0 Å². The number of nitrogens with one attached hydrogen (secondary N) is 2. The average Bonchev–Trinajstić information content (AvgIpc) is 3.09. The normalized spacial score (nSPS) is 19.3. The largest absolute Gasteiger partial charge is 0.443 e. The molecule has 1 unspecified atom stereocenters. The quantitative estimate of drug-likeness (QED) is 0.412. The second-order valence-electron chi connectivity index (χ2n) is 8.75. The molecule has 0 amide bonds. The molecule has 27 heavy (non-hydrogen) atoms. The van der Waals surface area contributed by atoms with Crippen molar-refractivity contribution < 1.29 is 4.42 Å². The fourth-order valence-electron chi connectivity index (χ4n) is 3.38. The number of hydrogen-bond donors (Lipinski definition) is 2. The summed E-state index contributed by atoms with van der Waals surface area (Å²) in [4.78, 5) is 11.6. The molecule has 2 heterocycles. The van der Waals surface area contributed by atoms with Crippen LogP contribution in [0.3, 0.4) is 0 Å². The van der Waals surface area contributed by atoms with Gasteiger partial charge in [0.05, 0.1) is 6.20 Å². The maximum absolute atomic E-state index is 5.82. The lowest BCUT2D eigenvalue weighted by atomic mass is 9.94. The van der Waals surface area contributed by atoms with E-state index in [0.717, 1.165) is 37.1 Å². The van der Waals surface area contributed by atoms with Gasteiger partial charge in [0.2, 0.25) is 5.89 Å². The molecule has 1 atom stereocenters. The monoisotopic (exact) mass is 377 g/mol. The van der Waals surface area contributed by atoms with E-state index in [0.29, 0.717) is 12.4 Å². The molecule has 0 aliphatic carbocycles. The molecule has 1 aromatic heterocycles. The van der Waals surface area contributed by atoms with Crippen LogP contribution in [0, 0.1) is 5.92 Å². The number of rotatable bonds is 8. The molecule has 0 radical (unpaired) electrons. The second-order valence-corrected chi connectivity index (χ2v) is 8.75. The van der Waals surface area contributed by atoms with Gasteiger partial charge >= 0.3 is 0 Å². The van der Waals surface area contributed by atoms with E-state index in [1.165, 1.54) is 38.9 Å². The van der Waals surface area contributed by atoms with Gasteiger partial charge in [0.25, 0.3) is 0 Å². The molecule has 0 bridgehead atoms. The Balaban J connectivity index is 1.71. The predicted octanol–water partition coefficient (Wildman–Crippen LogP) is 3.54. The highest BCUT2D eigenvalue weighted by Gasteiger charge is 2.19. The number of hydrogen-bond acceptors (Lipinski definition) is 4. The second kappa shape index (κ2) is 10.7. The summed E-state index contributed by atoms with van der Waals surface area (Å²) in [5.74, 6) is 3.26. The number of guanidine groups is 1. The minimum Gasteiger partial charge on any atom is -0.443 e. The molecule has 0 saturated carbocycles. The third kappa shape index (κ3) is 7.91. The molecule has 1 saturated heterocycles. The van der Waals surface area contributed by atoms with Crippen LogP contribution in [-0.4, -0.2) is 48.6 Å². The molecule has 0 spiro atoms. The summed E-state index contributed by atoms with van der Waals surface area (Å²) >= 11 is 0. The molecule has 1 aliphatic heterocycles. The van der Waals surface area contributed by atoms with Crippen molar-refractivity contribution in [2.75, 3.05) is 32.7 Å². The molecule has 1 fully saturated rings. The molecule has 1 aromatic rings. The Hall–Kier alpha value is -1.56. The van der Waals surface area contributed by atoms with E-state index in [-0.39, 0.29) is 5.41 Å². The Kier molecular flexibility index (Phi) is 8.61. The van der Waals surface area contributed by atoms with Gasteiger partial charge in [0.1, 0.15) is 12.3 Å². The van der Waals surface area contributed by atoms with Gasteiger partial charge < -0.3 is 20.0 Å². The van der Waals surface area contributed by atoms with E-state index >= 15 is 0 Å². The minimum atomic E-state index is -0.0239. The van der Waals surface area contributed by atoms with Gasteiger partial charge in [-0.05, 0) is 51.6 Å². The molecule has 2 N–H and O–H groups in total. The molecule has 2 rings (SSSR count). The summed E-state index contributed by atoms with van der Waals surface area (Å²) in [5, 5.41) is 6.72. The predicted molar refractivity (Wildman–Crippen MR) is 112 cm³/mol.